The van der Waals surface area contributed by atoms with Gasteiger partial charge in [-0.3, -0.25) is 9.67 Å². The Bertz CT molecular complexity index is 1200. The minimum absolute atomic E-state index is 0.115. The van der Waals surface area contributed by atoms with E-state index in [2.05, 4.69) is 20.2 Å². The second-order valence-corrected chi connectivity index (χ2v) is 6.88. The zero-order chi connectivity index (χ0) is 21.1. The molecule has 0 saturated heterocycles. The minimum atomic E-state index is -0.492. The van der Waals surface area contributed by atoms with Crippen molar-refractivity contribution in [1.82, 2.24) is 24.9 Å². The third kappa shape index (κ3) is 4.38. The topological polar surface area (TPSA) is 78.9 Å². The van der Waals surface area contributed by atoms with Gasteiger partial charge in [-0.1, -0.05) is 22.8 Å². The van der Waals surface area contributed by atoms with Crippen LogP contribution < -0.4 is 4.74 Å². The predicted molar refractivity (Wildman–Crippen MR) is 110 cm³/mol. The molecule has 0 fully saturated rings. The molecule has 152 valence electrons. The molecule has 0 aliphatic carbocycles. The average Bonchev–Trinajstić information content (AvgIpc) is 3.29. The minimum Gasteiger partial charge on any atom is -0.453 e. The summed E-state index contributed by atoms with van der Waals surface area (Å²) in [6.07, 6.45) is 6.83. The average molecular weight is 426 g/mol. The van der Waals surface area contributed by atoms with E-state index in [9.17, 15) is 4.39 Å². The number of halogens is 2. The SMILES string of the molecule is Cc1nn(C)c(Cl)c1Cc1noc(/C=C/c2ccc(Oc3cccnc3)c(F)c2)n1. The molecule has 1 aromatic carbocycles. The highest BCUT2D eigenvalue weighted by atomic mass is 35.5. The molecule has 0 amide bonds. The van der Waals surface area contributed by atoms with Crippen molar-refractivity contribution >= 4 is 23.8 Å². The molecule has 3 heterocycles. The fourth-order valence-electron chi connectivity index (χ4n) is 2.85. The first kappa shape index (κ1) is 19.8. The van der Waals surface area contributed by atoms with Crippen molar-refractivity contribution in [3.05, 3.63) is 82.2 Å². The fraction of sp³-hybridized carbons (Fsp3) is 0.143. The summed E-state index contributed by atoms with van der Waals surface area (Å²) in [6.45, 7) is 1.87. The van der Waals surface area contributed by atoms with Gasteiger partial charge >= 0.3 is 0 Å². The number of hydrogen-bond donors (Lipinski definition) is 0. The van der Waals surface area contributed by atoms with Crippen LogP contribution in [0.5, 0.6) is 11.5 Å². The first-order valence-corrected chi connectivity index (χ1v) is 9.43. The van der Waals surface area contributed by atoms with E-state index >= 15 is 0 Å². The normalized spacial score (nSPS) is 11.3. The Morgan fingerprint density at radius 3 is 2.83 bits per heavy atom. The highest BCUT2D eigenvalue weighted by molar-refractivity contribution is 6.30. The molecule has 7 nitrogen and oxygen atoms in total. The molecule has 0 atom stereocenters. The standard InChI is InChI=1S/C21H17ClFN5O2/c1-13-16(21(22)28(2)26-13)11-19-25-20(30-27-19)8-6-14-5-7-18(17(23)10-14)29-15-4-3-9-24-12-15/h3-10,12H,11H2,1-2H3/b8-6+. The van der Waals surface area contributed by atoms with Crippen LogP contribution in [0.1, 0.15) is 28.5 Å². The van der Waals surface area contributed by atoms with Gasteiger partial charge in [-0.15, -0.1) is 0 Å². The largest absolute Gasteiger partial charge is 0.453 e. The van der Waals surface area contributed by atoms with Crippen LogP contribution in [0.2, 0.25) is 5.15 Å². The number of pyridine rings is 1. The van der Waals surface area contributed by atoms with Crippen LogP contribution in [0.25, 0.3) is 12.2 Å². The summed E-state index contributed by atoms with van der Waals surface area (Å²) < 4.78 is 26.7. The zero-order valence-electron chi connectivity index (χ0n) is 16.2. The van der Waals surface area contributed by atoms with Crippen LogP contribution in [-0.2, 0) is 13.5 Å². The van der Waals surface area contributed by atoms with Crippen LogP contribution in [-0.4, -0.2) is 24.9 Å². The van der Waals surface area contributed by atoms with Crippen LogP contribution in [0.15, 0.2) is 47.2 Å². The first-order chi connectivity index (χ1) is 14.5. The molecule has 9 heteroatoms. The van der Waals surface area contributed by atoms with Gasteiger partial charge in [-0.2, -0.15) is 10.1 Å². The highest BCUT2D eigenvalue weighted by Gasteiger charge is 2.15. The molecule has 0 radical (unpaired) electrons. The predicted octanol–water partition coefficient (Wildman–Crippen LogP) is 4.85. The van der Waals surface area contributed by atoms with Gasteiger partial charge in [0.25, 0.3) is 5.89 Å². The van der Waals surface area contributed by atoms with Crippen molar-refractivity contribution in [1.29, 1.82) is 0 Å². The summed E-state index contributed by atoms with van der Waals surface area (Å²) >= 11 is 6.24. The zero-order valence-corrected chi connectivity index (χ0v) is 17.0. The van der Waals surface area contributed by atoms with Gasteiger partial charge in [0.05, 0.1) is 11.9 Å². The van der Waals surface area contributed by atoms with E-state index < -0.39 is 5.82 Å². The first-order valence-electron chi connectivity index (χ1n) is 9.05. The summed E-state index contributed by atoms with van der Waals surface area (Å²) in [4.78, 5) is 8.26. The fourth-order valence-corrected chi connectivity index (χ4v) is 3.09. The van der Waals surface area contributed by atoms with Gasteiger partial charge in [0, 0.05) is 31.3 Å². The maximum absolute atomic E-state index is 14.3. The molecular formula is C21H17ClFN5O2. The Labute approximate surface area is 176 Å². The van der Waals surface area contributed by atoms with E-state index in [1.165, 1.54) is 12.3 Å². The van der Waals surface area contributed by atoms with Crippen molar-refractivity contribution in [2.45, 2.75) is 13.3 Å². The van der Waals surface area contributed by atoms with Gasteiger partial charge in [0.1, 0.15) is 10.9 Å². The second kappa shape index (κ2) is 8.46. The molecule has 0 bridgehead atoms. The van der Waals surface area contributed by atoms with E-state index in [1.54, 1.807) is 54.3 Å². The maximum atomic E-state index is 14.3. The van der Waals surface area contributed by atoms with E-state index in [0.29, 0.717) is 34.6 Å². The highest BCUT2D eigenvalue weighted by Crippen LogP contribution is 2.25. The Morgan fingerprint density at radius 1 is 1.27 bits per heavy atom. The van der Waals surface area contributed by atoms with E-state index in [-0.39, 0.29) is 5.75 Å². The smallest absolute Gasteiger partial charge is 0.250 e. The van der Waals surface area contributed by atoms with Crippen molar-refractivity contribution in [2.75, 3.05) is 0 Å². The monoisotopic (exact) mass is 425 g/mol. The Balaban J connectivity index is 1.44. The number of aromatic nitrogens is 5. The van der Waals surface area contributed by atoms with Gasteiger partial charge < -0.3 is 9.26 Å². The molecule has 30 heavy (non-hydrogen) atoms. The van der Waals surface area contributed by atoms with Crippen molar-refractivity contribution in [3.8, 4) is 11.5 Å². The van der Waals surface area contributed by atoms with Crippen molar-refractivity contribution < 1.29 is 13.7 Å². The molecule has 0 saturated carbocycles. The number of hydrogen-bond acceptors (Lipinski definition) is 6. The Hall–Kier alpha value is -3.52. The van der Waals surface area contributed by atoms with E-state index in [0.717, 1.165) is 11.3 Å². The summed E-state index contributed by atoms with van der Waals surface area (Å²) in [7, 11) is 1.77. The van der Waals surface area contributed by atoms with Gasteiger partial charge in [-0.05, 0) is 42.8 Å². The molecule has 3 aromatic heterocycles. The quantitative estimate of drug-likeness (QED) is 0.439. The third-order valence-electron chi connectivity index (χ3n) is 4.33. The van der Waals surface area contributed by atoms with Crippen molar-refractivity contribution in [3.63, 3.8) is 0 Å². The molecule has 0 aliphatic heterocycles. The number of nitrogens with zero attached hydrogens (tertiary/aromatic N) is 5. The number of ether oxygens (including phenoxy) is 1. The summed E-state index contributed by atoms with van der Waals surface area (Å²) in [5.74, 6) is 0.873. The van der Waals surface area contributed by atoms with E-state index in [1.807, 2.05) is 6.92 Å². The summed E-state index contributed by atoms with van der Waals surface area (Å²) in [6, 6.07) is 8.05. The number of aryl methyl sites for hydroxylation is 2. The third-order valence-corrected chi connectivity index (χ3v) is 4.80. The molecule has 0 spiro atoms. The van der Waals surface area contributed by atoms with Gasteiger partial charge in [0.2, 0.25) is 0 Å². The molecule has 0 aliphatic rings. The lowest BCUT2D eigenvalue weighted by molar-refractivity contribution is 0.404. The Kier molecular flexibility index (Phi) is 5.58. The Morgan fingerprint density at radius 2 is 2.13 bits per heavy atom. The summed E-state index contributed by atoms with van der Waals surface area (Å²) in [5, 5.41) is 8.77. The van der Waals surface area contributed by atoms with Gasteiger partial charge in [-0.25, -0.2) is 4.39 Å². The van der Waals surface area contributed by atoms with Gasteiger partial charge in [0.15, 0.2) is 17.4 Å². The summed E-state index contributed by atoms with van der Waals surface area (Å²) in [5.41, 5.74) is 2.28. The maximum Gasteiger partial charge on any atom is 0.250 e. The van der Waals surface area contributed by atoms with Crippen LogP contribution in [0, 0.1) is 12.7 Å². The number of benzene rings is 1. The lowest BCUT2D eigenvalue weighted by atomic mass is 10.2. The van der Waals surface area contributed by atoms with Crippen LogP contribution >= 0.6 is 11.6 Å². The molecule has 4 rings (SSSR count). The van der Waals surface area contributed by atoms with Crippen molar-refractivity contribution in [2.24, 2.45) is 7.05 Å². The lowest BCUT2D eigenvalue weighted by Crippen LogP contribution is -1.93. The lowest BCUT2D eigenvalue weighted by Gasteiger charge is -2.06. The molecule has 4 aromatic rings. The number of rotatable bonds is 6. The van der Waals surface area contributed by atoms with Crippen LogP contribution in [0.4, 0.5) is 4.39 Å². The second-order valence-electron chi connectivity index (χ2n) is 6.52. The van der Waals surface area contributed by atoms with Crippen LogP contribution in [0.3, 0.4) is 0 Å². The molecule has 0 unspecified atom stereocenters. The molecule has 0 N–H and O–H groups in total. The molecular weight excluding hydrogens is 409 g/mol. The van der Waals surface area contributed by atoms with E-state index in [4.69, 9.17) is 20.9 Å².